The molecule has 0 aliphatic heterocycles. The van der Waals surface area contributed by atoms with Crippen molar-refractivity contribution in [2.75, 3.05) is 31.2 Å². The van der Waals surface area contributed by atoms with Crippen LogP contribution in [0.4, 0.5) is 29.2 Å². The number of aromatic nitrogens is 2. The first-order chi connectivity index (χ1) is 15.5. The van der Waals surface area contributed by atoms with Crippen LogP contribution in [0.1, 0.15) is 5.56 Å². The summed E-state index contributed by atoms with van der Waals surface area (Å²) < 4.78 is 81.9. The van der Waals surface area contributed by atoms with Crippen LogP contribution in [-0.2, 0) is 16.2 Å². The molecule has 3 rings (SSSR count). The van der Waals surface area contributed by atoms with Gasteiger partial charge in [-0.15, -0.1) is 0 Å². The summed E-state index contributed by atoms with van der Waals surface area (Å²) >= 11 is 0. The zero-order chi connectivity index (χ0) is 24.4. The molecule has 0 fully saturated rings. The second kappa shape index (κ2) is 9.29. The molecule has 0 bridgehead atoms. The highest BCUT2D eigenvalue weighted by Gasteiger charge is 2.33. The van der Waals surface area contributed by atoms with Gasteiger partial charge in [-0.05, 0) is 29.8 Å². The van der Waals surface area contributed by atoms with Crippen LogP contribution in [0.2, 0.25) is 0 Å². The first-order valence-electron chi connectivity index (χ1n) is 9.40. The molecule has 1 aromatic heterocycles. The van der Waals surface area contributed by atoms with E-state index in [2.05, 4.69) is 15.3 Å². The molecule has 3 aromatic rings. The van der Waals surface area contributed by atoms with E-state index in [4.69, 9.17) is 10.8 Å². The molecule has 8 nitrogen and oxygen atoms in total. The number of nitrogens with zero attached hydrogens (tertiary/aromatic N) is 2. The third-order valence-electron chi connectivity index (χ3n) is 4.57. The summed E-state index contributed by atoms with van der Waals surface area (Å²) in [4.78, 5) is 7.38. The van der Waals surface area contributed by atoms with Gasteiger partial charge in [0.25, 0.3) is 0 Å². The molecular formula is C20H19F4N5O3S. The van der Waals surface area contributed by atoms with E-state index in [-0.39, 0.29) is 34.0 Å². The molecule has 0 saturated carbocycles. The average Bonchev–Trinajstić information content (AvgIpc) is 2.77. The van der Waals surface area contributed by atoms with Crippen molar-refractivity contribution in [1.29, 1.82) is 0 Å². The van der Waals surface area contributed by atoms with Crippen molar-refractivity contribution in [3.8, 4) is 22.4 Å². The minimum absolute atomic E-state index is 0.0174. The van der Waals surface area contributed by atoms with E-state index < -0.39 is 45.6 Å². The fourth-order valence-corrected chi connectivity index (χ4v) is 4.34. The van der Waals surface area contributed by atoms with Gasteiger partial charge in [0, 0.05) is 24.7 Å². The summed E-state index contributed by atoms with van der Waals surface area (Å²) in [5, 5.41) is 11.6. The van der Waals surface area contributed by atoms with Gasteiger partial charge in [-0.25, -0.2) is 27.5 Å². The van der Waals surface area contributed by atoms with Crippen LogP contribution in [0.15, 0.2) is 47.5 Å². The van der Waals surface area contributed by atoms with Crippen molar-refractivity contribution >= 4 is 21.7 Å². The Morgan fingerprint density at radius 2 is 1.82 bits per heavy atom. The van der Waals surface area contributed by atoms with E-state index in [9.17, 15) is 21.6 Å². The van der Waals surface area contributed by atoms with Crippen molar-refractivity contribution in [3.05, 3.63) is 54.0 Å². The van der Waals surface area contributed by atoms with E-state index in [1.165, 1.54) is 25.4 Å². The molecule has 0 spiro atoms. The van der Waals surface area contributed by atoms with Crippen molar-refractivity contribution in [1.82, 2.24) is 14.7 Å². The molecule has 0 atom stereocenters. The maximum atomic E-state index is 15.0. The van der Waals surface area contributed by atoms with Crippen LogP contribution < -0.4 is 15.8 Å². The average molecular weight is 485 g/mol. The Kier molecular flexibility index (Phi) is 6.86. The number of benzene rings is 2. The predicted octanol–water partition coefficient (Wildman–Crippen LogP) is 2.86. The zero-order valence-corrected chi connectivity index (χ0v) is 17.9. The quantitative estimate of drug-likeness (QED) is 0.379. The number of nitrogen functional groups attached to an aromatic ring is 1. The van der Waals surface area contributed by atoms with Crippen molar-refractivity contribution in [3.63, 3.8) is 0 Å². The lowest BCUT2D eigenvalue weighted by atomic mass is 10.0. The number of nitrogens with two attached hydrogens (primary N) is 1. The molecule has 0 radical (unpaired) electrons. The monoisotopic (exact) mass is 485 g/mol. The SMILES string of the molecule is CNc1nc(N)cnc1-c1ccc(-c2ccc(C(F)(F)F)cc2S(=O)(=O)NCCO)cc1F. The maximum Gasteiger partial charge on any atom is 0.416 e. The largest absolute Gasteiger partial charge is 0.416 e. The lowest BCUT2D eigenvalue weighted by Crippen LogP contribution is -2.27. The lowest BCUT2D eigenvalue weighted by Gasteiger charge is -2.16. The van der Waals surface area contributed by atoms with Crippen LogP contribution in [-0.4, -0.2) is 43.7 Å². The van der Waals surface area contributed by atoms with Crippen molar-refractivity contribution < 1.29 is 31.1 Å². The highest BCUT2D eigenvalue weighted by atomic mass is 32.2. The summed E-state index contributed by atoms with van der Waals surface area (Å²) in [6, 6.07) is 5.76. The number of rotatable bonds is 7. The summed E-state index contributed by atoms with van der Waals surface area (Å²) in [7, 11) is -2.91. The van der Waals surface area contributed by atoms with Crippen molar-refractivity contribution in [2.24, 2.45) is 0 Å². The second-order valence-electron chi connectivity index (χ2n) is 6.77. The van der Waals surface area contributed by atoms with Gasteiger partial charge >= 0.3 is 6.18 Å². The van der Waals surface area contributed by atoms with Crippen LogP contribution in [0.5, 0.6) is 0 Å². The molecular weight excluding hydrogens is 466 g/mol. The molecule has 1 heterocycles. The van der Waals surface area contributed by atoms with E-state index in [1.54, 1.807) is 0 Å². The van der Waals surface area contributed by atoms with Gasteiger partial charge in [0.05, 0.1) is 23.3 Å². The standard InChI is InChI=1S/C20H19F4N5O3S/c1-26-19-18(27-10-17(25)29-19)14-4-2-11(8-15(14)21)13-5-3-12(20(22,23)24)9-16(13)33(31,32)28-6-7-30/h2-5,8-10,28,30H,6-7H2,1H3,(H3,25,26,29). The molecule has 0 saturated heterocycles. The number of nitrogens with one attached hydrogen (secondary N) is 2. The van der Waals surface area contributed by atoms with Crippen LogP contribution in [0.25, 0.3) is 22.4 Å². The van der Waals surface area contributed by atoms with E-state index in [0.717, 1.165) is 12.1 Å². The van der Waals surface area contributed by atoms with Crippen LogP contribution in [0.3, 0.4) is 0 Å². The maximum absolute atomic E-state index is 15.0. The number of hydrogen-bond donors (Lipinski definition) is 4. The minimum atomic E-state index is -4.80. The lowest BCUT2D eigenvalue weighted by molar-refractivity contribution is -0.137. The molecule has 33 heavy (non-hydrogen) atoms. The van der Waals surface area contributed by atoms with E-state index in [1.807, 2.05) is 4.72 Å². The summed E-state index contributed by atoms with van der Waals surface area (Å²) in [6.45, 7) is -0.971. The van der Waals surface area contributed by atoms with Gasteiger partial charge in [-0.1, -0.05) is 12.1 Å². The zero-order valence-electron chi connectivity index (χ0n) is 17.1. The van der Waals surface area contributed by atoms with Crippen LogP contribution >= 0.6 is 0 Å². The Morgan fingerprint density at radius 3 is 2.42 bits per heavy atom. The molecule has 0 amide bonds. The number of halogens is 4. The van der Waals surface area contributed by atoms with Gasteiger partial charge in [0.15, 0.2) is 5.82 Å². The summed E-state index contributed by atoms with van der Waals surface area (Å²) in [5.74, 6) is -0.502. The third kappa shape index (κ3) is 5.21. The number of hydrogen-bond acceptors (Lipinski definition) is 7. The second-order valence-corrected chi connectivity index (χ2v) is 8.50. The molecule has 0 unspecified atom stereocenters. The number of aliphatic hydroxyl groups is 1. The topological polar surface area (TPSA) is 130 Å². The highest BCUT2D eigenvalue weighted by Crippen LogP contribution is 2.37. The van der Waals surface area contributed by atoms with Crippen molar-refractivity contribution in [2.45, 2.75) is 11.1 Å². The Bertz CT molecular complexity index is 1280. The fraction of sp³-hybridized carbons (Fsp3) is 0.200. The van der Waals surface area contributed by atoms with Gasteiger partial charge < -0.3 is 16.2 Å². The highest BCUT2D eigenvalue weighted by molar-refractivity contribution is 7.89. The van der Waals surface area contributed by atoms with E-state index in [0.29, 0.717) is 12.1 Å². The Labute approximate surface area is 186 Å². The first-order valence-corrected chi connectivity index (χ1v) is 10.9. The van der Waals surface area contributed by atoms with E-state index >= 15 is 4.39 Å². The smallest absolute Gasteiger partial charge is 0.395 e. The van der Waals surface area contributed by atoms with Gasteiger partial charge in [0.2, 0.25) is 10.0 Å². The molecule has 0 aliphatic carbocycles. The molecule has 5 N–H and O–H groups in total. The summed E-state index contributed by atoms with van der Waals surface area (Å²) in [6.07, 6.45) is -3.57. The Balaban J connectivity index is 2.16. The molecule has 2 aromatic carbocycles. The normalized spacial score (nSPS) is 12.1. The van der Waals surface area contributed by atoms with Gasteiger partial charge in [-0.3, -0.25) is 0 Å². The Hall–Kier alpha value is -3.29. The number of sulfonamides is 1. The number of alkyl halides is 3. The molecule has 13 heteroatoms. The minimum Gasteiger partial charge on any atom is -0.395 e. The Morgan fingerprint density at radius 1 is 1.12 bits per heavy atom. The first kappa shape index (κ1) is 24.4. The molecule has 0 aliphatic rings. The number of aliphatic hydroxyl groups excluding tert-OH is 1. The predicted molar refractivity (Wildman–Crippen MR) is 114 cm³/mol. The van der Waals surface area contributed by atoms with Crippen LogP contribution in [0, 0.1) is 5.82 Å². The fourth-order valence-electron chi connectivity index (χ4n) is 3.07. The van der Waals surface area contributed by atoms with Gasteiger partial charge in [0.1, 0.15) is 17.3 Å². The summed E-state index contributed by atoms with van der Waals surface area (Å²) in [5.41, 5.74) is 4.42. The molecule has 176 valence electrons. The van der Waals surface area contributed by atoms with Gasteiger partial charge in [-0.2, -0.15) is 13.2 Å². The number of anilines is 2. The third-order valence-corrected chi connectivity index (χ3v) is 6.07.